The number of benzene rings is 1. The highest BCUT2D eigenvalue weighted by atomic mass is 35.5. The molecule has 3 nitrogen and oxygen atoms in total. The van der Waals surface area contributed by atoms with Gasteiger partial charge in [-0.15, -0.1) is 0 Å². The highest BCUT2D eigenvalue weighted by Crippen LogP contribution is 2.26. The fraction of sp³-hybridized carbons (Fsp3) is 0.100. The Morgan fingerprint density at radius 1 is 1.50 bits per heavy atom. The van der Waals surface area contributed by atoms with Crippen LogP contribution in [0.1, 0.15) is 5.56 Å². The fourth-order valence-corrected chi connectivity index (χ4v) is 1.83. The summed E-state index contributed by atoms with van der Waals surface area (Å²) in [7, 11) is 0. The quantitative estimate of drug-likeness (QED) is 0.778. The SMILES string of the molecule is NC(=O)Cc1c[nH]c2cccc(Cl)c12. The van der Waals surface area contributed by atoms with Gasteiger partial charge < -0.3 is 10.7 Å². The molecule has 0 radical (unpaired) electrons. The average Bonchev–Trinajstić information content (AvgIpc) is 2.49. The minimum Gasteiger partial charge on any atom is -0.369 e. The Morgan fingerprint density at radius 3 is 3.00 bits per heavy atom. The van der Waals surface area contributed by atoms with E-state index in [4.69, 9.17) is 17.3 Å². The van der Waals surface area contributed by atoms with Gasteiger partial charge in [0.1, 0.15) is 0 Å². The third-order valence-corrected chi connectivity index (χ3v) is 2.42. The maximum Gasteiger partial charge on any atom is 0.221 e. The van der Waals surface area contributed by atoms with Crippen LogP contribution >= 0.6 is 11.6 Å². The second kappa shape index (κ2) is 3.35. The fourth-order valence-electron chi connectivity index (χ4n) is 1.53. The van der Waals surface area contributed by atoms with Crippen molar-refractivity contribution in [3.8, 4) is 0 Å². The lowest BCUT2D eigenvalue weighted by Gasteiger charge is -1.97. The number of hydrogen-bond acceptors (Lipinski definition) is 1. The van der Waals surface area contributed by atoms with E-state index in [0.29, 0.717) is 5.02 Å². The molecule has 1 aromatic carbocycles. The molecule has 0 fully saturated rings. The standard InChI is InChI=1S/C10H9ClN2O/c11-7-2-1-3-8-10(7)6(5-13-8)4-9(12)14/h1-3,5,13H,4H2,(H2,12,14). The molecule has 0 bridgehead atoms. The molecule has 0 aliphatic carbocycles. The van der Waals surface area contributed by atoms with Gasteiger partial charge in [-0.25, -0.2) is 0 Å². The molecule has 1 heterocycles. The molecule has 3 N–H and O–H groups in total. The van der Waals surface area contributed by atoms with Crippen molar-refractivity contribution in [2.75, 3.05) is 0 Å². The van der Waals surface area contributed by atoms with Crippen molar-refractivity contribution in [3.05, 3.63) is 35.0 Å². The van der Waals surface area contributed by atoms with E-state index >= 15 is 0 Å². The second-order valence-corrected chi connectivity index (χ2v) is 3.53. The predicted molar refractivity (Wildman–Crippen MR) is 56.2 cm³/mol. The first-order valence-corrected chi connectivity index (χ1v) is 4.59. The number of amides is 1. The maximum absolute atomic E-state index is 10.8. The molecule has 0 unspecified atom stereocenters. The molecular formula is C10H9ClN2O. The van der Waals surface area contributed by atoms with Crippen LogP contribution in [0.3, 0.4) is 0 Å². The topological polar surface area (TPSA) is 58.9 Å². The van der Waals surface area contributed by atoms with Crippen molar-refractivity contribution in [3.63, 3.8) is 0 Å². The molecule has 14 heavy (non-hydrogen) atoms. The summed E-state index contributed by atoms with van der Waals surface area (Å²) in [4.78, 5) is 13.8. The number of halogens is 1. The number of primary amides is 1. The zero-order valence-electron chi connectivity index (χ0n) is 7.38. The van der Waals surface area contributed by atoms with E-state index in [-0.39, 0.29) is 12.3 Å². The van der Waals surface area contributed by atoms with Gasteiger partial charge in [0.25, 0.3) is 0 Å². The van der Waals surface area contributed by atoms with Crippen molar-refractivity contribution < 1.29 is 4.79 Å². The normalized spacial score (nSPS) is 10.6. The lowest BCUT2D eigenvalue weighted by molar-refractivity contribution is -0.117. The molecule has 2 aromatic rings. The molecule has 0 atom stereocenters. The van der Waals surface area contributed by atoms with Gasteiger partial charge in [0, 0.05) is 17.1 Å². The minimum absolute atomic E-state index is 0.212. The Labute approximate surface area is 85.9 Å². The molecule has 0 saturated carbocycles. The molecule has 2 rings (SSSR count). The molecule has 1 aromatic heterocycles. The number of nitrogens with two attached hydrogens (primary N) is 1. The number of carbonyl (C=O) groups excluding carboxylic acids is 1. The first kappa shape index (κ1) is 9.09. The van der Waals surface area contributed by atoms with Crippen LogP contribution in [-0.4, -0.2) is 10.9 Å². The minimum atomic E-state index is -0.356. The summed E-state index contributed by atoms with van der Waals surface area (Å²) >= 11 is 6.01. The lowest BCUT2D eigenvalue weighted by atomic mass is 10.1. The van der Waals surface area contributed by atoms with Crippen LogP contribution in [0.5, 0.6) is 0 Å². The van der Waals surface area contributed by atoms with Crippen molar-refractivity contribution in [1.29, 1.82) is 0 Å². The van der Waals surface area contributed by atoms with Crippen molar-refractivity contribution in [2.24, 2.45) is 5.73 Å². The number of nitrogens with one attached hydrogen (secondary N) is 1. The molecular weight excluding hydrogens is 200 g/mol. The number of aromatic amines is 1. The van der Waals surface area contributed by atoms with E-state index in [1.54, 1.807) is 12.3 Å². The monoisotopic (exact) mass is 208 g/mol. The van der Waals surface area contributed by atoms with Crippen molar-refractivity contribution in [1.82, 2.24) is 4.98 Å². The Bertz CT molecular complexity index is 490. The van der Waals surface area contributed by atoms with Gasteiger partial charge in [-0.2, -0.15) is 0 Å². The van der Waals surface area contributed by atoms with E-state index in [0.717, 1.165) is 16.5 Å². The molecule has 1 amide bonds. The predicted octanol–water partition coefficient (Wildman–Crippen LogP) is 1.85. The number of rotatable bonds is 2. The summed E-state index contributed by atoms with van der Waals surface area (Å²) < 4.78 is 0. The number of fused-ring (bicyclic) bond motifs is 1. The average molecular weight is 209 g/mol. The van der Waals surface area contributed by atoms with Crippen LogP contribution in [-0.2, 0) is 11.2 Å². The molecule has 0 aliphatic rings. The van der Waals surface area contributed by atoms with Crippen LogP contribution in [0.25, 0.3) is 10.9 Å². The number of aromatic nitrogens is 1. The summed E-state index contributed by atoms with van der Waals surface area (Å²) in [6.45, 7) is 0. The number of carbonyl (C=O) groups is 1. The Balaban J connectivity index is 2.61. The molecule has 72 valence electrons. The number of hydrogen-bond donors (Lipinski definition) is 2. The number of H-pyrrole nitrogens is 1. The highest BCUT2D eigenvalue weighted by Gasteiger charge is 2.08. The van der Waals surface area contributed by atoms with Gasteiger partial charge in [-0.3, -0.25) is 4.79 Å². The zero-order valence-corrected chi connectivity index (χ0v) is 8.14. The van der Waals surface area contributed by atoms with Crippen LogP contribution in [0.2, 0.25) is 5.02 Å². The summed E-state index contributed by atoms with van der Waals surface area (Å²) in [5.41, 5.74) is 6.90. The summed E-state index contributed by atoms with van der Waals surface area (Å²) in [6, 6.07) is 5.56. The third-order valence-electron chi connectivity index (χ3n) is 2.10. The molecule has 0 saturated heterocycles. The van der Waals surface area contributed by atoms with Gasteiger partial charge >= 0.3 is 0 Å². The largest absolute Gasteiger partial charge is 0.369 e. The van der Waals surface area contributed by atoms with E-state index < -0.39 is 0 Å². The third kappa shape index (κ3) is 1.46. The van der Waals surface area contributed by atoms with Crippen LogP contribution in [0, 0.1) is 0 Å². The van der Waals surface area contributed by atoms with E-state index in [9.17, 15) is 4.79 Å². The summed E-state index contributed by atoms with van der Waals surface area (Å²) in [5, 5.41) is 1.52. The first-order valence-electron chi connectivity index (χ1n) is 4.21. The van der Waals surface area contributed by atoms with Gasteiger partial charge in [0.15, 0.2) is 0 Å². The maximum atomic E-state index is 10.8. The van der Waals surface area contributed by atoms with Crippen LogP contribution < -0.4 is 5.73 Å². The molecule has 0 aliphatic heterocycles. The van der Waals surface area contributed by atoms with E-state index in [2.05, 4.69) is 4.98 Å². The highest BCUT2D eigenvalue weighted by molar-refractivity contribution is 6.35. The van der Waals surface area contributed by atoms with E-state index in [1.807, 2.05) is 12.1 Å². The van der Waals surface area contributed by atoms with Crippen molar-refractivity contribution >= 4 is 28.4 Å². The van der Waals surface area contributed by atoms with Crippen LogP contribution in [0.15, 0.2) is 24.4 Å². The molecule has 4 heteroatoms. The van der Waals surface area contributed by atoms with Gasteiger partial charge in [0.05, 0.1) is 11.4 Å². The zero-order chi connectivity index (χ0) is 10.1. The first-order chi connectivity index (χ1) is 6.68. The van der Waals surface area contributed by atoms with Crippen molar-refractivity contribution in [2.45, 2.75) is 6.42 Å². The van der Waals surface area contributed by atoms with Gasteiger partial charge in [-0.1, -0.05) is 17.7 Å². The van der Waals surface area contributed by atoms with Gasteiger partial charge in [-0.05, 0) is 17.7 Å². The Morgan fingerprint density at radius 2 is 2.29 bits per heavy atom. The van der Waals surface area contributed by atoms with E-state index in [1.165, 1.54) is 0 Å². The van der Waals surface area contributed by atoms with Crippen LogP contribution in [0.4, 0.5) is 0 Å². The summed E-state index contributed by atoms with van der Waals surface area (Å²) in [5.74, 6) is -0.356. The molecule has 0 spiro atoms. The summed E-state index contributed by atoms with van der Waals surface area (Å²) in [6.07, 6.45) is 1.98. The smallest absolute Gasteiger partial charge is 0.221 e. The second-order valence-electron chi connectivity index (χ2n) is 3.12. The Kier molecular flexibility index (Phi) is 2.17. The Hall–Kier alpha value is -1.48. The van der Waals surface area contributed by atoms with Gasteiger partial charge in [0.2, 0.25) is 5.91 Å². The lowest BCUT2D eigenvalue weighted by Crippen LogP contribution is -2.13.